The van der Waals surface area contributed by atoms with Crippen LogP contribution in [0.2, 0.25) is 0 Å². The first-order valence-electron chi connectivity index (χ1n) is 31.3. The number of thiophene rings is 1. The van der Waals surface area contributed by atoms with Crippen molar-refractivity contribution in [3.8, 4) is 73.3 Å². The third-order valence-corrected chi connectivity index (χ3v) is 20.3. The van der Waals surface area contributed by atoms with E-state index in [4.69, 9.17) is 4.85 Å². The van der Waals surface area contributed by atoms with Crippen molar-refractivity contribution in [2.45, 2.75) is 0 Å². The van der Waals surface area contributed by atoms with Crippen molar-refractivity contribution in [1.29, 1.82) is 5.26 Å². The summed E-state index contributed by atoms with van der Waals surface area (Å²) in [5, 5.41) is 23.5. The van der Waals surface area contributed by atoms with Crippen LogP contribution in [0.25, 0.3) is 179 Å². The quantitative estimate of drug-likeness (QED) is 0.140. The second-order valence-electron chi connectivity index (χ2n) is 24.0. The highest BCUT2D eigenvalue weighted by molar-refractivity contribution is 7.25. The molecular weight excluding hydrogens is 1150 g/mol. The fourth-order valence-corrected chi connectivity index (χ4v) is 16.4. The smallest absolute Gasteiger partial charge is 0.220 e. The molecule has 0 bridgehead atoms. The van der Waals surface area contributed by atoms with Crippen LogP contribution in [-0.2, 0) is 0 Å². The van der Waals surface area contributed by atoms with Crippen LogP contribution >= 0.6 is 11.3 Å². The van der Waals surface area contributed by atoms with Crippen molar-refractivity contribution in [2.75, 3.05) is 0 Å². The minimum absolute atomic E-state index is 0.376. The number of benzene rings is 14. The second-order valence-corrected chi connectivity index (χ2v) is 25.1. The summed E-state index contributed by atoms with van der Waals surface area (Å²) in [4.78, 5) is 4.88. The van der Waals surface area contributed by atoms with Gasteiger partial charge < -0.3 is 18.3 Å². The number of para-hydroxylation sites is 4. The maximum absolute atomic E-state index is 12.9. The Morgan fingerprint density at radius 1 is 0.301 bits per heavy atom. The fraction of sp³-hybridized carbons (Fsp3) is 0. The van der Waals surface area contributed by atoms with Gasteiger partial charge >= 0.3 is 0 Å². The van der Waals surface area contributed by atoms with E-state index >= 15 is 0 Å². The van der Waals surface area contributed by atoms with Gasteiger partial charge in [0.2, 0.25) is 5.69 Å². The lowest BCUT2D eigenvalue weighted by atomic mass is 9.88. The number of nitrogens with zero attached hydrogens (tertiary/aromatic N) is 6. The molecule has 0 saturated carbocycles. The minimum atomic E-state index is 0.376. The lowest BCUT2D eigenvalue weighted by Gasteiger charge is -2.26. The molecular formula is C86H50N6S. The molecule has 93 heavy (non-hydrogen) atoms. The normalized spacial score (nSPS) is 11.8. The lowest BCUT2D eigenvalue weighted by molar-refractivity contribution is 1.14. The number of nitriles is 1. The monoisotopic (exact) mass is 1200 g/mol. The maximum atomic E-state index is 12.9. The Hall–Kier alpha value is -12.5. The van der Waals surface area contributed by atoms with Crippen molar-refractivity contribution >= 4 is 124 Å². The Bertz CT molecular complexity index is 6100. The molecule has 0 amide bonds. The molecule has 0 aliphatic carbocycles. The number of rotatable bonds is 8. The van der Waals surface area contributed by atoms with Crippen molar-refractivity contribution < 1.29 is 0 Å². The molecule has 0 fully saturated rings. The topological polar surface area (TPSA) is 47.9 Å². The van der Waals surface area contributed by atoms with Crippen LogP contribution in [0.3, 0.4) is 0 Å². The van der Waals surface area contributed by atoms with Crippen LogP contribution in [-0.4, -0.2) is 18.3 Å². The van der Waals surface area contributed by atoms with Crippen molar-refractivity contribution in [3.05, 3.63) is 320 Å². The molecule has 19 aromatic rings. The van der Waals surface area contributed by atoms with E-state index in [1.165, 1.54) is 4.70 Å². The zero-order valence-electron chi connectivity index (χ0n) is 50.0. The molecule has 430 valence electrons. The highest BCUT2D eigenvalue weighted by atomic mass is 32.1. The van der Waals surface area contributed by atoms with Gasteiger partial charge in [-0.25, -0.2) is 4.85 Å². The van der Waals surface area contributed by atoms with E-state index in [2.05, 4.69) is 328 Å². The number of aromatic nitrogens is 4. The van der Waals surface area contributed by atoms with Gasteiger partial charge in [0.15, 0.2) is 0 Å². The van der Waals surface area contributed by atoms with Gasteiger partial charge in [0.1, 0.15) is 6.07 Å². The van der Waals surface area contributed by atoms with Gasteiger partial charge in [-0.05, 0) is 124 Å². The van der Waals surface area contributed by atoms with Crippen molar-refractivity contribution in [3.63, 3.8) is 0 Å². The molecule has 0 N–H and O–H groups in total. The Morgan fingerprint density at radius 3 is 1.23 bits per heavy atom. The zero-order chi connectivity index (χ0) is 61.4. The average molecular weight is 1200 g/mol. The van der Waals surface area contributed by atoms with Crippen LogP contribution in [0.5, 0.6) is 0 Å². The molecule has 7 heteroatoms. The van der Waals surface area contributed by atoms with Gasteiger partial charge in [0.05, 0.1) is 67.6 Å². The Labute approximate surface area is 538 Å². The standard InChI is InChI=1S/C86H50N6S/c1-88-82-78(58-41-48-77-68(51-58)61-33-19-22-38-76(61)93-77)69(52-87)85(91-72-44-39-56(53-23-7-2-8-24-53)49-66(72)62-42-46-74-80(83(62)91)64-34-17-20-36-70(64)89(74)59-29-13-5-14-30-59)79(55-27-11-4-12-28-55)86(82)92-73-45-40-57(54-25-9-3-10-26-54)50-67(73)63-43-47-75-81(84(63)92)65-35-18-21-37-71(65)90(75)60-31-15-6-16-32-60/h2-51H. The summed E-state index contributed by atoms with van der Waals surface area (Å²) in [6.07, 6.45) is 0. The first-order chi connectivity index (χ1) is 46.1. The summed E-state index contributed by atoms with van der Waals surface area (Å²) in [5.41, 5.74) is 19.6. The zero-order valence-corrected chi connectivity index (χ0v) is 50.8. The van der Waals surface area contributed by atoms with E-state index in [1.54, 1.807) is 11.3 Å². The fourth-order valence-electron chi connectivity index (χ4n) is 15.3. The maximum Gasteiger partial charge on any atom is 0.220 e. The predicted molar refractivity (Wildman–Crippen MR) is 389 cm³/mol. The van der Waals surface area contributed by atoms with Crippen LogP contribution in [0.4, 0.5) is 5.69 Å². The molecule has 0 aliphatic heterocycles. The van der Waals surface area contributed by atoms with Gasteiger partial charge in [-0.2, -0.15) is 5.26 Å². The Balaban J connectivity index is 1.08. The van der Waals surface area contributed by atoms with Gasteiger partial charge in [-0.1, -0.05) is 212 Å². The summed E-state index contributed by atoms with van der Waals surface area (Å²) in [7, 11) is 0. The van der Waals surface area contributed by atoms with Crippen LogP contribution < -0.4 is 0 Å². The third-order valence-electron chi connectivity index (χ3n) is 19.2. The van der Waals surface area contributed by atoms with E-state index in [-0.39, 0.29) is 0 Å². The molecule has 6 nitrogen and oxygen atoms in total. The second kappa shape index (κ2) is 20.5. The number of hydrogen-bond acceptors (Lipinski definition) is 2. The van der Waals surface area contributed by atoms with Crippen molar-refractivity contribution in [2.24, 2.45) is 0 Å². The summed E-state index contributed by atoms with van der Waals surface area (Å²) >= 11 is 1.76. The molecule has 5 heterocycles. The van der Waals surface area contributed by atoms with E-state index in [0.29, 0.717) is 28.2 Å². The first-order valence-corrected chi connectivity index (χ1v) is 32.1. The average Bonchev–Trinajstić information content (AvgIpc) is 1.57. The minimum Gasteiger partial charge on any atom is -0.318 e. The highest BCUT2D eigenvalue weighted by Gasteiger charge is 2.34. The largest absolute Gasteiger partial charge is 0.318 e. The molecule has 0 spiro atoms. The Morgan fingerprint density at radius 2 is 0.710 bits per heavy atom. The van der Waals surface area contributed by atoms with Gasteiger partial charge in [0.25, 0.3) is 0 Å². The number of hydrogen-bond donors (Lipinski definition) is 0. The highest BCUT2D eigenvalue weighted by Crippen LogP contribution is 2.55. The molecule has 14 aromatic carbocycles. The predicted octanol–water partition coefficient (Wildman–Crippen LogP) is 23.5. The molecule has 5 aromatic heterocycles. The molecule has 0 atom stereocenters. The van der Waals surface area contributed by atoms with Crippen LogP contribution in [0, 0.1) is 17.9 Å². The van der Waals surface area contributed by atoms with Gasteiger partial charge in [0, 0.05) is 85.8 Å². The molecule has 0 unspecified atom stereocenters. The summed E-state index contributed by atoms with van der Waals surface area (Å²) in [6, 6.07) is 111. The SMILES string of the molecule is [C-]#[N+]c1c(-c2ccc3sc4ccccc4c3c2)c(C#N)c(-n2c3ccc(-c4ccccc4)cc3c3ccc4c(c5ccccc5n4-c4ccccc4)c32)c(-c2ccccc2)c1-n1c2ccc(-c3ccccc3)cc2c2ccc3c(c4ccccc4n3-c3ccccc3)c21. The summed E-state index contributed by atoms with van der Waals surface area (Å²) in [5.74, 6) is 0. The van der Waals surface area contributed by atoms with E-state index in [9.17, 15) is 11.8 Å². The summed E-state index contributed by atoms with van der Waals surface area (Å²) < 4.78 is 11.9. The lowest BCUT2D eigenvalue weighted by Crippen LogP contribution is -2.09. The van der Waals surface area contributed by atoms with E-state index in [0.717, 1.165) is 153 Å². The number of fused-ring (bicyclic) bond motifs is 17. The Kier molecular flexibility index (Phi) is 11.6. The third kappa shape index (κ3) is 7.67. The van der Waals surface area contributed by atoms with E-state index < -0.39 is 0 Å². The molecule has 0 aliphatic rings. The summed E-state index contributed by atoms with van der Waals surface area (Å²) in [6.45, 7) is 10.0. The van der Waals surface area contributed by atoms with Gasteiger partial charge in [-0.3, -0.25) is 0 Å². The molecule has 19 rings (SSSR count). The molecule has 0 radical (unpaired) electrons. The van der Waals surface area contributed by atoms with Crippen LogP contribution in [0.15, 0.2) is 303 Å². The van der Waals surface area contributed by atoms with Gasteiger partial charge in [-0.15, -0.1) is 11.3 Å². The van der Waals surface area contributed by atoms with E-state index in [1.807, 2.05) is 0 Å². The van der Waals surface area contributed by atoms with Crippen LogP contribution in [0.1, 0.15) is 5.56 Å². The van der Waals surface area contributed by atoms with Crippen molar-refractivity contribution in [1.82, 2.24) is 18.3 Å². The first kappa shape index (κ1) is 52.4. The molecule has 0 saturated heterocycles.